The molecule has 0 radical (unpaired) electrons. The van der Waals surface area contributed by atoms with Crippen LogP contribution in [0.1, 0.15) is 29.3 Å². The molecule has 0 spiro atoms. The molecule has 0 aliphatic rings. The van der Waals surface area contributed by atoms with Gasteiger partial charge in [-0.3, -0.25) is 4.79 Å². The summed E-state index contributed by atoms with van der Waals surface area (Å²) < 4.78 is 0. The summed E-state index contributed by atoms with van der Waals surface area (Å²) in [5.41, 5.74) is 5.97. The predicted molar refractivity (Wildman–Crippen MR) is 71.2 cm³/mol. The molecule has 17 heavy (non-hydrogen) atoms. The van der Waals surface area contributed by atoms with Crippen LogP contribution in [0.25, 0.3) is 0 Å². The molecule has 4 nitrogen and oxygen atoms in total. The number of nitrogens with two attached hydrogens (primary N) is 1. The molecule has 0 aliphatic heterocycles. The van der Waals surface area contributed by atoms with E-state index in [0.29, 0.717) is 18.8 Å². The van der Waals surface area contributed by atoms with Crippen molar-refractivity contribution in [1.29, 1.82) is 0 Å². The highest BCUT2D eigenvalue weighted by atomic mass is 32.1. The van der Waals surface area contributed by atoms with Gasteiger partial charge in [-0.1, -0.05) is 6.08 Å². The van der Waals surface area contributed by atoms with E-state index < -0.39 is 0 Å². The molecule has 0 saturated heterocycles. The first-order chi connectivity index (χ1) is 8.10. The van der Waals surface area contributed by atoms with Gasteiger partial charge in [0.1, 0.15) is 5.69 Å². The second-order valence-corrected chi connectivity index (χ2v) is 4.95. The van der Waals surface area contributed by atoms with Gasteiger partial charge in [0.25, 0.3) is 5.91 Å². The summed E-state index contributed by atoms with van der Waals surface area (Å²) in [6.45, 7) is 8.73. The van der Waals surface area contributed by atoms with Crippen molar-refractivity contribution in [1.82, 2.24) is 9.88 Å². The van der Waals surface area contributed by atoms with Crippen molar-refractivity contribution in [2.45, 2.75) is 26.3 Å². The van der Waals surface area contributed by atoms with Crippen LogP contribution in [0.3, 0.4) is 0 Å². The van der Waals surface area contributed by atoms with Crippen molar-refractivity contribution in [2.24, 2.45) is 5.73 Å². The van der Waals surface area contributed by atoms with Crippen LogP contribution >= 0.6 is 11.3 Å². The summed E-state index contributed by atoms with van der Waals surface area (Å²) in [5, 5.41) is 2.71. The zero-order chi connectivity index (χ0) is 12.8. The van der Waals surface area contributed by atoms with Crippen LogP contribution < -0.4 is 5.73 Å². The molecule has 0 aromatic carbocycles. The highest BCUT2D eigenvalue weighted by molar-refractivity contribution is 7.09. The van der Waals surface area contributed by atoms with Gasteiger partial charge >= 0.3 is 0 Å². The molecule has 0 aliphatic carbocycles. The molecule has 1 rings (SSSR count). The average molecular weight is 253 g/mol. The lowest BCUT2D eigenvalue weighted by Gasteiger charge is -2.24. The van der Waals surface area contributed by atoms with Gasteiger partial charge in [-0.25, -0.2) is 4.98 Å². The zero-order valence-corrected chi connectivity index (χ0v) is 11.2. The number of rotatable bonds is 6. The van der Waals surface area contributed by atoms with Crippen molar-refractivity contribution in [3.8, 4) is 0 Å². The Labute approximate surface area is 106 Å². The average Bonchev–Trinajstić information content (AvgIpc) is 2.73. The lowest BCUT2D eigenvalue weighted by Crippen LogP contribution is -2.37. The Balaban J connectivity index is 2.81. The number of aromatic nitrogens is 1. The Morgan fingerprint density at radius 3 is 2.94 bits per heavy atom. The minimum absolute atomic E-state index is 0.0422. The monoisotopic (exact) mass is 253 g/mol. The highest BCUT2D eigenvalue weighted by Crippen LogP contribution is 2.13. The molecule has 0 atom stereocenters. The third-order valence-corrected chi connectivity index (χ3v) is 3.25. The standard InChI is InChI=1S/C12H19N3OS/c1-4-7-15(9(2)3)12(16)10-8-17-11(14-10)5-6-13/h4,8-9H,1,5-7,13H2,2-3H3. The lowest BCUT2D eigenvalue weighted by molar-refractivity contribution is 0.0723. The van der Waals surface area contributed by atoms with Gasteiger partial charge in [-0.2, -0.15) is 0 Å². The maximum absolute atomic E-state index is 12.2. The zero-order valence-electron chi connectivity index (χ0n) is 10.3. The third kappa shape index (κ3) is 3.64. The van der Waals surface area contributed by atoms with E-state index in [9.17, 15) is 4.79 Å². The summed E-state index contributed by atoms with van der Waals surface area (Å²) in [4.78, 5) is 18.2. The molecule has 1 aromatic heterocycles. The summed E-state index contributed by atoms with van der Waals surface area (Å²) in [5.74, 6) is -0.0422. The molecule has 1 aromatic rings. The van der Waals surface area contributed by atoms with E-state index in [-0.39, 0.29) is 11.9 Å². The Morgan fingerprint density at radius 2 is 2.41 bits per heavy atom. The topological polar surface area (TPSA) is 59.2 Å². The Hall–Kier alpha value is -1.20. The van der Waals surface area contributed by atoms with E-state index in [2.05, 4.69) is 11.6 Å². The number of thiazole rings is 1. The molecule has 1 amide bonds. The molecule has 0 saturated carbocycles. The van der Waals surface area contributed by atoms with Crippen LogP contribution in [0.5, 0.6) is 0 Å². The smallest absolute Gasteiger partial charge is 0.273 e. The van der Waals surface area contributed by atoms with Gasteiger partial charge in [-0.15, -0.1) is 17.9 Å². The SMILES string of the molecule is C=CCN(C(=O)c1csc(CCN)n1)C(C)C. The number of amides is 1. The molecule has 5 heteroatoms. The second kappa shape index (κ2) is 6.51. The fourth-order valence-corrected chi connectivity index (χ4v) is 2.25. The fourth-order valence-electron chi connectivity index (χ4n) is 1.46. The quantitative estimate of drug-likeness (QED) is 0.785. The molecular weight excluding hydrogens is 234 g/mol. The first kappa shape index (κ1) is 13.9. The van der Waals surface area contributed by atoms with Gasteiger partial charge in [-0.05, 0) is 20.4 Å². The predicted octanol–water partition coefficient (Wildman–Crippen LogP) is 1.68. The first-order valence-corrected chi connectivity index (χ1v) is 6.54. The van der Waals surface area contributed by atoms with Crippen LogP contribution in [-0.4, -0.2) is 34.9 Å². The third-order valence-electron chi connectivity index (χ3n) is 2.34. The molecule has 2 N–H and O–H groups in total. The maximum atomic E-state index is 12.2. The number of nitrogens with zero attached hydrogens (tertiary/aromatic N) is 2. The van der Waals surface area contributed by atoms with E-state index in [1.165, 1.54) is 11.3 Å². The molecule has 0 bridgehead atoms. The van der Waals surface area contributed by atoms with Gasteiger partial charge in [0, 0.05) is 24.4 Å². The molecular formula is C12H19N3OS. The van der Waals surface area contributed by atoms with Gasteiger partial charge in [0.05, 0.1) is 5.01 Å². The van der Waals surface area contributed by atoms with Crippen LogP contribution in [0.2, 0.25) is 0 Å². The molecule has 94 valence electrons. The van der Waals surface area contributed by atoms with E-state index in [0.717, 1.165) is 11.4 Å². The number of hydrogen-bond donors (Lipinski definition) is 1. The fraction of sp³-hybridized carbons (Fsp3) is 0.500. The molecule has 0 fully saturated rings. The largest absolute Gasteiger partial charge is 0.331 e. The van der Waals surface area contributed by atoms with E-state index in [1.807, 2.05) is 13.8 Å². The van der Waals surface area contributed by atoms with Gasteiger partial charge in [0.15, 0.2) is 0 Å². The van der Waals surface area contributed by atoms with Crippen molar-refractivity contribution < 1.29 is 4.79 Å². The van der Waals surface area contributed by atoms with Crippen molar-refractivity contribution >= 4 is 17.2 Å². The van der Waals surface area contributed by atoms with Gasteiger partial charge < -0.3 is 10.6 Å². The van der Waals surface area contributed by atoms with E-state index in [1.54, 1.807) is 16.4 Å². The van der Waals surface area contributed by atoms with Crippen LogP contribution in [0, 0.1) is 0 Å². The molecule has 0 unspecified atom stereocenters. The second-order valence-electron chi connectivity index (χ2n) is 4.01. The van der Waals surface area contributed by atoms with Crippen LogP contribution in [0.4, 0.5) is 0 Å². The normalized spacial score (nSPS) is 10.6. The van der Waals surface area contributed by atoms with Crippen molar-refractivity contribution in [3.05, 3.63) is 28.7 Å². The van der Waals surface area contributed by atoms with E-state index >= 15 is 0 Å². The number of carbonyl (C=O) groups excluding carboxylic acids is 1. The minimum Gasteiger partial charge on any atom is -0.331 e. The number of carbonyl (C=O) groups is 1. The first-order valence-electron chi connectivity index (χ1n) is 5.66. The summed E-state index contributed by atoms with van der Waals surface area (Å²) in [6, 6.07) is 0.139. The Morgan fingerprint density at radius 1 is 1.71 bits per heavy atom. The maximum Gasteiger partial charge on any atom is 0.273 e. The van der Waals surface area contributed by atoms with E-state index in [4.69, 9.17) is 5.73 Å². The number of hydrogen-bond acceptors (Lipinski definition) is 4. The van der Waals surface area contributed by atoms with Crippen molar-refractivity contribution in [2.75, 3.05) is 13.1 Å². The van der Waals surface area contributed by atoms with Crippen molar-refractivity contribution in [3.63, 3.8) is 0 Å². The summed E-state index contributed by atoms with van der Waals surface area (Å²) in [6.07, 6.45) is 2.45. The minimum atomic E-state index is -0.0422. The van der Waals surface area contributed by atoms with Gasteiger partial charge in [0.2, 0.25) is 0 Å². The van der Waals surface area contributed by atoms with Crippen LogP contribution in [-0.2, 0) is 6.42 Å². The Kier molecular flexibility index (Phi) is 5.31. The Bertz CT molecular complexity index is 387. The molecule has 1 heterocycles. The summed E-state index contributed by atoms with van der Waals surface area (Å²) >= 11 is 1.49. The highest BCUT2D eigenvalue weighted by Gasteiger charge is 2.19. The summed E-state index contributed by atoms with van der Waals surface area (Å²) in [7, 11) is 0. The lowest BCUT2D eigenvalue weighted by atomic mass is 10.3. The van der Waals surface area contributed by atoms with Crippen LogP contribution in [0.15, 0.2) is 18.0 Å².